The van der Waals surface area contributed by atoms with Gasteiger partial charge in [-0.05, 0) is 6.42 Å². The highest BCUT2D eigenvalue weighted by Crippen LogP contribution is 2.20. The van der Waals surface area contributed by atoms with E-state index < -0.39 is 0 Å². The molecule has 0 aliphatic carbocycles. The molecule has 0 radical (unpaired) electrons. The minimum absolute atomic E-state index is 0.536. The number of thiazole rings is 1. The van der Waals surface area contributed by atoms with Crippen molar-refractivity contribution in [1.29, 1.82) is 0 Å². The molecule has 0 saturated carbocycles. The molecule has 0 aliphatic heterocycles. The maximum atomic E-state index is 5.75. The summed E-state index contributed by atoms with van der Waals surface area (Å²) in [7, 11) is 1.93. The standard InChI is InChI=1S/C10H13ClN4S/c1-3-8-7(5-15(2)14-8)4-12-10-13-9(11)6-16-10/h5-6H,3-4H2,1-2H3,(H,12,13). The van der Waals surface area contributed by atoms with Gasteiger partial charge in [0.1, 0.15) is 5.15 Å². The van der Waals surface area contributed by atoms with Crippen LogP contribution in [-0.2, 0) is 20.0 Å². The summed E-state index contributed by atoms with van der Waals surface area (Å²) in [4.78, 5) is 4.13. The Hall–Kier alpha value is -1.07. The van der Waals surface area contributed by atoms with Crippen LogP contribution >= 0.6 is 22.9 Å². The van der Waals surface area contributed by atoms with Gasteiger partial charge in [-0.25, -0.2) is 4.98 Å². The zero-order chi connectivity index (χ0) is 11.5. The lowest BCUT2D eigenvalue weighted by Crippen LogP contribution is -2.00. The van der Waals surface area contributed by atoms with E-state index in [1.54, 1.807) is 0 Å². The lowest BCUT2D eigenvalue weighted by atomic mass is 10.2. The lowest BCUT2D eigenvalue weighted by Gasteiger charge is -2.01. The summed E-state index contributed by atoms with van der Waals surface area (Å²) in [5.74, 6) is 0. The van der Waals surface area contributed by atoms with Crippen molar-refractivity contribution in [2.75, 3.05) is 5.32 Å². The third-order valence-electron chi connectivity index (χ3n) is 2.23. The van der Waals surface area contributed by atoms with Crippen molar-refractivity contribution in [2.24, 2.45) is 7.05 Å². The van der Waals surface area contributed by atoms with Crippen LogP contribution in [0, 0.1) is 0 Å². The first-order chi connectivity index (χ1) is 7.69. The predicted octanol–water partition coefficient (Wildman–Crippen LogP) is 2.70. The number of halogens is 1. The Morgan fingerprint density at radius 3 is 3.00 bits per heavy atom. The number of nitrogens with one attached hydrogen (secondary N) is 1. The summed E-state index contributed by atoms with van der Waals surface area (Å²) in [5.41, 5.74) is 2.33. The molecule has 4 nitrogen and oxygen atoms in total. The fourth-order valence-electron chi connectivity index (χ4n) is 1.54. The molecular weight excluding hydrogens is 244 g/mol. The molecule has 0 aliphatic rings. The summed E-state index contributed by atoms with van der Waals surface area (Å²) in [6.45, 7) is 2.84. The van der Waals surface area contributed by atoms with Crippen LogP contribution in [0.15, 0.2) is 11.6 Å². The van der Waals surface area contributed by atoms with Crippen LogP contribution in [0.4, 0.5) is 5.13 Å². The molecule has 0 spiro atoms. The second-order valence-corrected chi connectivity index (χ2v) is 4.70. The third kappa shape index (κ3) is 2.54. The fraction of sp³-hybridized carbons (Fsp3) is 0.400. The Kier molecular flexibility index (Phi) is 3.46. The minimum Gasteiger partial charge on any atom is -0.357 e. The molecule has 2 rings (SSSR count). The first kappa shape index (κ1) is 11.4. The normalized spacial score (nSPS) is 10.7. The van der Waals surface area contributed by atoms with E-state index in [0.717, 1.165) is 23.8 Å². The van der Waals surface area contributed by atoms with E-state index in [9.17, 15) is 0 Å². The fourth-order valence-corrected chi connectivity index (χ4v) is 2.37. The van der Waals surface area contributed by atoms with Gasteiger partial charge in [0, 0.05) is 30.7 Å². The summed E-state index contributed by atoms with van der Waals surface area (Å²) in [6, 6.07) is 0. The van der Waals surface area contributed by atoms with Crippen molar-refractivity contribution in [3.05, 3.63) is 28.0 Å². The maximum Gasteiger partial charge on any atom is 0.184 e. The summed E-state index contributed by atoms with van der Waals surface area (Å²) >= 11 is 7.26. The lowest BCUT2D eigenvalue weighted by molar-refractivity contribution is 0.746. The molecule has 16 heavy (non-hydrogen) atoms. The highest BCUT2D eigenvalue weighted by molar-refractivity contribution is 7.14. The van der Waals surface area contributed by atoms with Gasteiger partial charge in [0.15, 0.2) is 5.13 Å². The van der Waals surface area contributed by atoms with E-state index >= 15 is 0 Å². The first-order valence-electron chi connectivity index (χ1n) is 5.05. The van der Waals surface area contributed by atoms with Gasteiger partial charge < -0.3 is 5.32 Å². The first-order valence-corrected chi connectivity index (χ1v) is 6.31. The van der Waals surface area contributed by atoms with Gasteiger partial charge >= 0.3 is 0 Å². The average Bonchev–Trinajstić information content (AvgIpc) is 2.81. The van der Waals surface area contributed by atoms with Gasteiger partial charge in [0.2, 0.25) is 0 Å². The molecule has 0 aromatic carbocycles. The molecule has 2 heterocycles. The summed E-state index contributed by atoms with van der Waals surface area (Å²) < 4.78 is 1.84. The largest absolute Gasteiger partial charge is 0.357 e. The Morgan fingerprint density at radius 2 is 2.38 bits per heavy atom. The van der Waals surface area contributed by atoms with Crippen LogP contribution in [0.2, 0.25) is 5.15 Å². The molecular formula is C10H13ClN4S. The topological polar surface area (TPSA) is 42.7 Å². The monoisotopic (exact) mass is 256 g/mol. The van der Waals surface area contributed by atoms with Crippen LogP contribution in [0.3, 0.4) is 0 Å². The Bertz CT molecular complexity index is 477. The molecule has 2 aromatic rings. The van der Waals surface area contributed by atoms with Crippen LogP contribution < -0.4 is 5.32 Å². The Balaban J connectivity index is 2.04. The van der Waals surface area contributed by atoms with Crippen molar-refractivity contribution in [3.63, 3.8) is 0 Å². The molecule has 0 atom stereocenters. The number of rotatable bonds is 4. The van der Waals surface area contributed by atoms with Crippen LogP contribution in [0.5, 0.6) is 0 Å². The van der Waals surface area contributed by atoms with Crippen molar-refractivity contribution in [2.45, 2.75) is 19.9 Å². The molecule has 0 saturated heterocycles. The smallest absolute Gasteiger partial charge is 0.184 e. The summed E-state index contributed by atoms with van der Waals surface area (Å²) in [6.07, 6.45) is 2.97. The Morgan fingerprint density at radius 1 is 1.56 bits per heavy atom. The van der Waals surface area contributed by atoms with Gasteiger partial charge in [0.05, 0.1) is 5.69 Å². The van der Waals surface area contributed by atoms with Gasteiger partial charge in [0.25, 0.3) is 0 Å². The Labute approximate surface area is 103 Å². The average molecular weight is 257 g/mol. The second-order valence-electron chi connectivity index (χ2n) is 3.46. The van der Waals surface area contributed by atoms with E-state index in [1.165, 1.54) is 16.9 Å². The number of hydrogen-bond donors (Lipinski definition) is 1. The number of hydrogen-bond acceptors (Lipinski definition) is 4. The van der Waals surface area contributed by atoms with E-state index in [2.05, 4.69) is 22.3 Å². The molecule has 0 amide bonds. The number of nitrogens with zero attached hydrogens (tertiary/aromatic N) is 3. The van der Waals surface area contributed by atoms with Gasteiger partial charge in [-0.2, -0.15) is 5.10 Å². The highest BCUT2D eigenvalue weighted by Gasteiger charge is 2.06. The number of aryl methyl sites for hydroxylation is 2. The quantitative estimate of drug-likeness (QED) is 0.915. The molecule has 86 valence electrons. The van der Waals surface area contributed by atoms with Gasteiger partial charge in [-0.3, -0.25) is 4.68 Å². The summed E-state index contributed by atoms with van der Waals surface area (Å²) in [5, 5.41) is 10.8. The van der Waals surface area contributed by atoms with Gasteiger partial charge in [-0.15, -0.1) is 11.3 Å². The van der Waals surface area contributed by atoms with E-state index in [4.69, 9.17) is 11.6 Å². The molecule has 2 aromatic heterocycles. The van der Waals surface area contributed by atoms with Crippen LogP contribution in [-0.4, -0.2) is 14.8 Å². The minimum atomic E-state index is 0.536. The molecule has 0 bridgehead atoms. The third-order valence-corrected chi connectivity index (χ3v) is 3.36. The van der Waals surface area contributed by atoms with E-state index in [1.807, 2.05) is 23.3 Å². The van der Waals surface area contributed by atoms with Crippen LogP contribution in [0.1, 0.15) is 18.2 Å². The molecule has 1 N–H and O–H groups in total. The van der Waals surface area contributed by atoms with Gasteiger partial charge in [-0.1, -0.05) is 18.5 Å². The second kappa shape index (κ2) is 4.84. The maximum absolute atomic E-state index is 5.75. The van der Waals surface area contributed by atoms with Crippen molar-refractivity contribution >= 4 is 28.1 Å². The molecule has 0 fully saturated rings. The van der Waals surface area contributed by atoms with Crippen molar-refractivity contribution < 1.29 is 0 Å². The number of aromatic nitrogens is 3. The predicted molar refractivity (Wildman–Crippen MR) is 67.0 cm³/mol. The SMILES string of the molecule is CCc1nn(C)cc1CNc1nc(Cl)cs1. The molecule has 6 heteroatoms. The van der Waals surface area contributed by atoms with Crippen molar-refractivity contribution in [3.8, 4) is 0 Å². The molecule has 0 unspecified atom stereocenters. The highest BCUT2D eigenvalue weighted by atomic mass is 35.5. The zero-order valence-corrected chi connectivity index (χ0v) is 10.8. The van der Waals surface area contributed by atoms with Crippen molar-refractivity contribution in [1.82, 2.24) is 14.8 Å². The van der Waals surface area contributed by atoms with E-state index in [-0.39, 0.29) is 0 Å². The van der Waals surface area contributed by atoms with Crippen LogP contribution in [0.25, 0.3) is 0 Å². The van der Waals surface area contributed by atoms with E-state index in [0.29, 0.717) is 5.15 Å². The number of anilines is 1. The zero-order valence-electron chi connectivity index (χ0n) is 9.20.